The minimum atomic E-state index is -3.51. The Bertz CT molecular complexity index is 888. The fourth-order valence-corrected chi connectivity index (χ4v) is 3.94. The molecule has 7 nitrogen and oxygen atoms in total. The zero-order valence-electron chi connectivity index (χ0n) is 15.5. The van der Waals surface area contributed by atoms with Crippen LogP contribution in [0.3, 0.4) is 0 Å². The molecule has 1 amide bonds. The van der Waals surface area contributed by atoms with Gasteiger partial charge in [-0.2, -0.15) is 0 Å². The Hall–Kier alpha value is -2.45. The number of aromatic nitrogens is 1. The average molecular weight is 388 g/mol. The van der Waals surface area contributed by atoms with Crippen molar-refractivity contribution in [3.63, 3.8) is 0 Å². The van der Waals surface area contributed by atoms with Crippen LogP contribution in [0.4, 0.5) is 11.5 Å². The molecule has 0 aliphatic heterocycles. The predicted octanol–water partition coefficient (Wildman–Crippen LogP) is 2.94. The van der Waals surface area contributed by atoms with E-state index in [0.29, 0.717) is 17.4 Å². The van der Waals surface area contributed by atoms with Gasteiger partial charge in [-0.05, 0) is 49.2 Å². The molecule has 1 aliphatic carbocycles. The summed E-state index contributed by atoms with van der Waals surface area (Å²) in [4.78, 5) is 16.8. The van der Waals surface area contributed by atoms with E-state index >= 15 is 0 Å². The Kier molecular flexibility index (Phi) is 5.76. The Morgan fingerprint density at radius 1 is 1.07 bits per heavy atom. The Labute approximate surface area is 159 Å². The van der Waals surface area contributed by atoms with Crippen LogP contribution in [0.5, 0.6) is 0 Å². The second-order valence-corrected chi connectivity index (χ2v) is 8.98. The molecule has 2 N–H and O–H groups in total. The summed E-state index contributed by atoms with van der Waals surface area (Å²) in [6.07, 6.45) is 6.58. The Balaban J connectivity index is 1.63. The fraction of sp³-hybridized carbons (Fsp3) is 0.368. The van der Waals surface area contributed by atoms with Gasteiger partial charge in [0.15, 0.2) is 0 Å². The summed E-state index contributed by atoms with van der Waals surface area (Å²) < 4.78 is 25.3. The molecule has 1 heterocycles. The van der Waals surface area contributed by atoms with Crippen LogP contribution in [0.1, 0.15) is 36.0 Å². The van der Waals surface area contributed by atoms with E-state index in [1.165, 1.54) is 64.0 Å². The molecule has 1 aliphatic rings. The average Bonchev–Trinajstić information content (AvgIpc) is 3.16. The molecule has 1 saturated carbocycles. The summed E-state index contributed by atoms with van der Waals surface area (Å²) in [5.41, 5.74) is 1.31. The van der Waals surface area contributed by atoms with Crippen molar-refractivity contribution in [1.82, 2.24) is 9.29 Å². The van der Waals surface area contributed by atoms with Crippen LogP contribution in [-0.2, 0) is 10.0 Å². The summed E-state index contributed by atoms with van der Waals surface area (Å²) >= 11 is 0. The second-order valence-electron chi connectivity index (χ2n) is 6.82. The fourth-order valence-electron chi connectivity index (χ4n) is 3.04. The first kappa shape index (κ1) is 19.3. The van der Waals surface area contributed by atoms with Crippen molar-refractivity contribution < 1.29 is 13.2 Å². The van der Waals surface area contributed by atoms with Crippen LogP contribution < -0.4 is 10.6 Å². The van der Waals surface area contributed by atoms with Crippen LogP contribution in [0.15, 0.2) is 47.5 Å². The number of amides is 1. The zero-order chi connectivity index (χ0) is 19.4. The lowest BCUT2D eigenvalue weighted by atomic mass is 10.2. The molecule has 1 aromatic carbocycles. The normalized spacial score (nSPS) is 15.1. The van der Waals surface area contributed by atoms with Gasteiger partial charge in [0.25, 0.3) is 5.91 Å². The molecule has 0 spiro atoms. The predicted molar refractivity (Wildman–Crippen MR) is 105 cm³/mol. The number of carbonyl (C=O) groups excluding carboxylic acids is 1. The summed E-state index contributed by atoms with van der Waals surface area (Å²) in [7, 11) is -0.581. The summed E-state index contributed by atoms with van der Waals surface area (Å²) in [5.74, 6) is 0.106. The SMILES string of the molecule is CN(C)S(=O)(=O)c1ccc(C(=O)Nc2ccc(NC3CCCC3)cn2)cc1. The Morgan fingerprint density at radius 3 is 2.30 bits per heavy atom. The maximum Gasteiger partial charge on any atom is 0.256 e. The third-order valence-electron chi connectivity index (χ3n) is 4.63. The van der Waals surface area contributed by atoms with Crippen LogP contribution in [0.25, 0.3) is 0 Å². The molecule has 144 valence electrons. The largest absolute Gasteiger partial charge is 0.381 e. The maximum absolute atomic E-state index is 12.3. The molecule has 27 heavy (non-hydrogen) atoms. The molecule has 1 fully saturated rings. The number of carbonyl (C=O) groups is 1. The van der Waals surface area contributed by atoms with E-state index in [4.69, 9.17) is 0 Å². The first-order valence-electron chi connectivity index (χ1n) is 8.93. The van der Waals surface area contributed by atoms with Crippen molar-refractivity contribution in [1.29, 1.82) is 0 Å². The van der Waals surface area contributed by atoms with Gasteiger partial charge in [-0.3, -0.25) is 4.79 Å². The van der Waals surface area contributed by atoms with E-state index in [1.54, 1.807) is 12.3 Å². The first-order valence-corrected chi connectivity index (χ1v) is 10.4. The van der Waals surface area contributed by atoms with E-state index in [1.807, 2.05) is 6.07 Å². The number of nitrogens with zero attached hydrogens (tertiary/aromatic N) is 2. The Morgan fingerprint density at radius 2 is 1.74 bits per heavy atom. The number of nitrogens with one attached hydrogen (secondary N) is 2. The lowest BCUT2D eigenvalue weighted by Gasteiger charge is -2.13. The minimum absolute atomic E-state index is 0.143. The third kappa shape index (κ3) is 4.64. The highest BCUT2D eigenvalue weighted by atomic mass is 32.2. The van der Waals surface area contributed by atoms with E-state index < -0.39 is 10.0 Å². The van der Waals surface area contributed by atoms with E-state index in [9.17, 15) is 13.2 Å². The second kappa shape index (κ2) is 8.06. The number of hydrogen-bond acceptors (Lipinski definition) is 5. The van der Waals surface area contributed by atoms with Crippen molar-refractivity contribution in [2.24, 2.45) is 0 Å². The monoisotopic (exact) mass is 388 g/mol. The first-order chi connectivity index (χ1) is 12.9. The molecule has 2 aromatic rings. The zero-order valence-corrected chi connectivity index (χ0v) is 16.3. The maximum atomic E-state index is 12.3. The van der Waals surface area contributed by atoms with Gasteiger partial charge in [-0.1, -0.05) is 12.8 Å². The van der Waals surface area contributed by atoms with Crippen LogP contribution in [0.2, 0.25) is 0 Å². The van der Waals surface area contributed by atoms with Crippen LogP contribution in [-0.4, -0.2) is 43.8 Å². The summed E-state index contributed by atoms with van der Waals surface area (Å²) in [6.45, 7) is 0. The standard InChI is InChI=1S/C19H24N4O3S/c1-23(2)27(25,26)17-10-7-14(8-11-17)19(24)22-18-12-9-16(13-20-18)21-15-5-3-4-6-15/h7-13,15,21H,3-6H2,1-2H3,(H,20,22,24). The van der Waals surface area contributed by atoms with Crippen molar-refractivity contribution >= 4 is 27.4 Å². The lowest BCUT2D eigenvalue weighted by Crippen LogP contribution is -2.22. The van der Waals surface area contributed by atoms with Crippen LogP contribution >= 0.6 is 0 Å². The highest BCUT2D eigenvalue weighted by molar-refractivity contribution is 7.89. The number of anilines is 2. The molecular weight excluding hydrogens is 364 g/mol. The number of benzene rings is 1. The van der Waals surface area contributed by atoms with E-state index in [2.05, 4.69) is 15.6 Å². The number of rotatable bonds is 6. The van der Waals surface area contributed by atoms with Gasteiger partial charge in [0.05, 0.1) is 16.8 Å². The molecule has 0 unspecified atom stereocenters. The highest BCUT2D eigenvalue weighted by Crippen LogP contribution is 2.22. The third-order valence-corrected chi connectivity index (χ3v) is 6.46. The molecule has 0 atom stereocenters. The molecule has 3 rings (SSSR count). The lowest BCUT2D eigenvalue weighted by molar-refractivity contribution is 0.102. The quantitative estimate of drug-likeness (QED) is 0.794. The topological polar surface area (TPSA) is 91.4 Å². The number of pyridine rings is 1. The van der Waals surface area contributed by atoms with Crippen molar-refractivity contribution in [3.8, 4) is 0 Å². The highest BCUT2D eigenvalue weighted by Gasteiger charge is 2.18. The molecule has 0 radical (unpaired) electrons. The molecule has 1 aromatic heterocycles. The van der Waals surface area contributed by atoms with Gasteiger partial charge < -0.3 is 10.6 Å². The number of hydrogen-bond donors (Lipinski definition) is 2. The molecule has 0 saturated heterocycles. The van der Waals surface area contributed by atoms with E-state index in [0.717, 1.165) is 9.99 Å². The van der Waals surface area contributed by atoms with Crippen molar-refractivity contribution in [2.75, 3.05) is 24.7 Å². The van der Waals surface area contributed by atoms with E-state index in [-0.39, 0.29) is 10.8 Å². The van der Waals surface area contributed by atoms with Crippen molar-refractivity contribution in [3.05, 3.63) is 48.2 Å². The van der Waals surface area contributed by atoms with Crippen molar-refractivity contribution in [2.45, 2.75) is 36.6 Å². The van der Waals surface area contributed by atoms with Gasteiger partial charge in [0, 0.05) is 25.7 Å². The summed E-state index contributed by atoms with van der Waals surface area (Å²) in [5, 5.41) is 6.17. The molecular formula is C19H24N4O3S. The molecule has 8 heteroatoms. The van der Waals surface area contributed by atoms with Gasteiger partial charge in [-0.15, -0.1) is 0 Å². The van der Waals surface area contributed by atoms with Gasteiger partial charge in [0.2, 0.25) is 10.0 Å². The smallest absolute Gasteiger partial charge is 0.256 e. The van der Waals surface area contributed by atoms with Gasteiger partial charge in [-0.25, -0.2) is 17.7 Å². The molecule has 0 bridgehead atoms. The van der Waals surface area contributed by atoms with Gasteiger partial charge in [0.1, 0.15) is 5.82 Å². The number of sulfonamides is 1. The summed E-state index contributed by atoms with van der Waals surface area (Å²) in [6, 6.07) is 9.97. The van der Waals surface area contributed by atoms with Gasteiger partial charge >= 0.3 is 0 Å². The minimum Gasteiger partial charge on any atom is -0.381 e. The van der Waals surface area contributed by atoms with Crippen LogP contribution in [0, 0.1) is 0 Å².